The SMILES string of the molecule is CC1CC(OCCCNC2CCCCC2)CC(C)O1. The highest BCUT2D eigenvalue weighted by Gasteiger charge is 2.24. The first kappa shape index (κ1) is 15.3. The molecule has 0 bridgehead atoms. The van der Waals surface area contributed by atoms with Gasteiger partial charge in [0.15, 0.2) is 0 Å². The summed E-state index contributed by atoms with van der Waals surface area (Å²) in [6.45, 7) is 6.30. The van der Waals surface area contributed by atoms with Crippen LogP contribution in [0.4, 0.5) is 0 Å². The minimum atomic E-state index is 0.356. The lowest BCUT2D eigenvalue weighted by Gasteiger charge is -2.32. The van der Waals surface area contributed by atoms with Crippen molar-refractivity contribution in [3.8, 4) is 0 Å². The Labute approximate surface area is 118 Å². The molecule has 1 saturated heterocycles. The fourth-order valence-corrected chi connectivity index (χ4v) is 3.42. The molecule has 1 aliphatic carbocycles. The standard InChI is InChI=1S/C16H31NO2/c1-13-11-16(12-14(2)19-13)18-10-6-9-17-15-7-4-3-5-8-15/h13-17H,3-12H2,1-2H3. The summed E-state index contributed by atoms with van der Waals surface area (Å²) in [6, 6.07) is 0.775. The largest absolute Gasteiger partial charge is 0.378 e. The topological polar surface area (TPSA) is 30.5 Å². The molecule has 1 saturated carbocycles. The second-order valence-electron chi connectivity index (χ2n) is 6.36. The third kappa shape index (κ3) is 5.80. The Morgan fingerprint density at radius 3 is 2.42 bits per heavy atom. The summed E-state index contributed by atoms with van der Waals surface area (Å²) in [7, 11) is 0. The Balaban J connectivity index is 1.49. The average molecular weight is 269 g/mol. The van der Waals surface area contributed by atoms with Gasteiger partial charge in [0.2, 0.25) is 0 Å². The fourth-order valence-electron chi connectivity index (χ4n) is 3.42. The highest BCUT2D eigenvalue weighted by molar-refractivity contribution is 4.74. The van der Waals surface area contributed by atoms with Crippen molar-refractivity contribution < 1.29 is 9.47 Å². The molecule has 3 heteroatoms. The van der Waals surface area contributed by atoms with Gasteiger partial charge < -0.3 is 14.8 Å². The molecule has 0 radical (unpaired) electrons. The van der Waals surface area contributed by atoms with E-state index in [0.29, 0.717) is 18.3 Å². The molecular formula is C16H31NO2. The number of ether oxygens (including phenoxy) is 2. The molecule has 1 aliphatic heterocycles. The molecule has 1 N–H and O–H groups in total. The van der Waals surface area contributed by atoms with Gasteiger partial charge in [0.05, 0.1) is 18.3 Å². The molecule has 0 aromatic rings. The van der Waals surface area contributed by atoms with Crippen molar-refractivity contribution in [1.82, 2.24) is 5.32 Å². The maximum absolute atomic E-state index is 5.99. The van der Waals surface area contributed by atoms with Gasteiger partial charge in [-0.2, -0.15) is 0 Å². The van der Waals surface area contributed by atoms with Gasteiger partial charge in [0, 0.05) is 12.6 Å². The molecule has 0 spiro atoms. The zero-order valence-electron chi connectivity index (χ0n) is 12.7. The summed E-state index contributed by atoms with van der Waals surface area (Å²) < 4.78 is 11.7. The lowest BCUT2D eigenvalue weighted by atomic mass is 9.95. The summed E-state index contributed by atoms with van der Waals surface area (Å²) in [5.41, 5.74) is 0. The second-order valence-corrected chi connectivity index (χ2v) is 6.36. The van der Waals surface area contributed by atoms with E-state index in [4.69, 9.17) is 9.47 Å². The Bertz CT molecular complexity index is 231. The first-order chi connectivity index (χ1) is 9.24. The third-order valence-electron chi connectivity index (χ3n) is 4.37. The third-order valence-corrected chi connectivity index (χ3v) is 4.37. The zero-order valence-corrected chi connectivity index (χ0v) is 12.7. The van der Waals surface area contributed by atoms with Gasteiger partial charge in [0.1, 0.15) is 0 Å². The highest BCUT2D eigenvalue weighted by Crippen LogP contribution is 2.21. The first-order valence-electron chi connectivity index (χ1n) is 8.24. The Kier molecular flexibility index (Phi) is 6.62. The van der Waals surface area contributed by atoms with Gasteiger partial charge in [-0.1, -0.05) is 19.3 Å². The van der Waals surface area contributed by atoms with E-state index in [0.717, 1.165) is 38.5 Å². The van der Waals surface area contributed by atoms with E-state index in [2.05, 4.69) is 19.2 Å². The van der Waals surface area contributed by atoms with Crippen LogP contribution in [0.3, 0.4) is 0 Å². The van der Waals surface area contributed by atoms with Crippen LogP contribution in [0.2, 0.25) is 0 Å². The predicted octanol–water partition coefficient (Wildman–Crippen LogP) is 3.27. The van der Waals surface area contributed by atoms with Crippen molar-refractivity contribution in [3.63, 3.8) is 0 Å². The molecule has 0 aromatic carbocycles. The van der Waals surface area contributed by atoms with E-state index in [1.54, 1.807) is 0 Å². The number of hydrogen-bond donors (Lipinski definition) is 1. The van der Waals surface area contributed by atoms with Crippen LogP contribution in [-0.4, -0.2) is 37.5 Å². The maximum Gasteiger partial charge on any atom is 0.0624 e. The molecule has 2 rings (SSSR count). The Morgan fingerprint density at radius 2 is 1.74 bits per heavy atom. The van der Waals surface area contributed by atoms with Gasteiger partial charge in [-0.25, -0.2) is 0 Å². The molecule has 2 aliphatic rings. The monoisotopic (exact) mass is 269 g/mol. The van der Waals surface area contributed by atoms with Crippen LogP contribution >= 0.6 is 0 Å². The van der Waals surface area contributed by atoms with Crippen LogP contribution in [0.1, 0.15) is 65.2 Å². The van der Waals surface area contributed by atoms with Crippen molar-refractivity contribution >= 4 is 0 Å². The lowest BCUT2D eigenvalue weighted by Crippen LogP contribution is -2.35. The molecule has 1 heterocycles. The summed E-state index contributed by atoms with van der Waals surface area (Å²) in [5.74, 6) is 0. The molecular weight excluding hydrogens is 238 g/mol. The van der Waals surface area contributed by atoms with E-state index < -0.39 is 0 Å². The smallest absolute Gasteiger partial charge is 0.0624 e. The molecule has 19 heavy (non-hydrogen) atoms. The van der Waals surface area contributed by atoms with Crippen molar-refractivity contribution in [3.05, 3.63) is 0 Å². The predicted molar refractivity (Wildman–Crippen MR) is 78.5 cm³/mol. The molecule has 3 nitrogen and oxygen atoms in total. The summed E-state index contributed by atoms with van der Waals surface area (Å²) >= 11 is 0. The molecule has 2 unspecified atom stereocenters. The summed E-state index contributed by atoms with van der Waals surface area (Å²) in [6.07, 6.45) is 11.4. The average Bonchev–Trinajstić information content (AvgIpc) is 2.38. The van der Waals surface area contributed by atoms with Gasteiger partial charge in [0.25, 0.3) is 0 Å². The molecule has 0 aromatic heterocycles. The van der Waals surface area contributed by atoms with Crippen molar-refractivity contribution in [2.75, 3.05) is 13.2 Å². The lowest BCUT2D eigenvalue weighted by molar-refractivity contribution is -0.102. The second kappa shape index (κ2) is 8.23. The van der Waals surface area contributed by atoms with Gasteiger partial charge in [-0.15, -0.1) is 0 Å². The molecule has 2 fully saturated rings. The Hall–Kier alpha value is -0.120. The summed E-state index contributed by atoms with van der Waals surface area (Å²) in [5, 5.41) is 3.67. The quantitative estimate of drug-likeness (QED) is 0.751. The Morgan fingerprint density at radius 1 is 1.05 bits per heavy atom. The van der Waals surface area contributed by atoms with Crippen molar-refractivity contribution in [2.45, 2.75) is 89.6 Å². The van der Waals surface area contributed by atoms with Crippen LogP contribution in [-0.2, 0) is 9.47 Å². The minimum absolute atomic E-state index is 0.356. The highest BCUT2D eigenvalue weighted by atomic mass is 16.5. The van der Waals surface area contributed by atoms with Gasteiger partial charge >= 0.3 is 0 Å². The molecule has 0 amide bonds. The minimum Gasteiger partial charge on any atom is -0.378 e. The van der Waals surface area contributed by atoms with Crippen LogP contribution in [0.25, 0.3) is 0 Å². The summed E-state index contributed by atoms with van der Waals surface area (Å²) in [4.78, 5) is 0. The van der Waals surface area contributed by atoms with Crippen molar-refractivity contribution in [2.24, 2.45) is 0 Å². The van der Waals surface area contributed by atoms with Gasteiger partial charge in [-0.3, -0.25) is 0 Å². The molecule has 2 atom stereocenters. The van der Waals surface area contributed by atoms with Crippen LogP contribution in [0, 0.1) is 0 Å². The van der Waals surface area contributed by atoms with E-state index in [1.165, 1.54) is 32.1 Å². The maximum atomic E-state index is 5.99. The fraction of sp³-hybridized carbons (Fsp3) is 1.00. The van der Waals surface area contributed by atoms with E-state index in [-0.39, 0.29) is 0 Å². The van der Waals surface area contributed by atoms with Crippen LogP contribution in [0.15, 0.2) is 0 Å². The van der Waals surface area contributed by atoms with Crippen LogP contribution < -0.4 is 5.32 Å². The van der Waals surface area contributed by atoms with Gasteiger partial charge in [-0.05, 0) is 52.5 Å². The van der Waals surface area contributed by atoms with E-state index in [9.17, 15) is 0 Å². The van der Waals surface area contributed by atoms with Crippen molar-refractivity contribution in [1.29, 1.82) is 0 Å². The molecule has 112 valence electrons. The zero-order chi connectivity index (χ0) is 13.5. The number of hydrogen-bond acceptors (Lipinski definition) is 3. The van der Waals surface area contributed by atoms with E-state index >= 15 is 0 Å². The van der Waals surface area contributed by atoms with Crippen LogP contribution in [0.5, 0.6) is 0 Å². The number of nitrogens with one attached hydrogen (secondary N) is 1. The number of rotatable bonds is 6. The normalized spacial score (nSPS) is 33.5. The van der Waals surface area contributed by atoms with E-state index in [1.807, 2.05) is 0 Å². The first-order valence-corrected chi connectivity index (χ1v) is 8.24.